The Morgan fingerprint density at radius 1 is 1.28 bits per heavy atom. The van der Waals surface area contributed by atoms with Crippen molar-refractivity contribution < 1.29 is 9.72 Å². The molecule has 1 aliphatic rings. The van der Waals surface area contributed by atoms with Crippen molar-refractivity contribution >= 4 is 29.1 Å². The van der Waals surface area contributed by atoms with Gasteiger partial charge in [0.1, 0.15) is 0 Å². The van der Waals surface area contributed by atoms with E-state index in [0.717, 1.165) is 17.7 Å². The van der Waals surface area contributed by atoms with E-state index in [0.29, 0.717) is 0 Å². The number of hydrazone groups is 1. The van der Waals surface area contributed by atoms with Crippen molar-refractivity contribution in [1.29, 1.82) is 0 Å². The molecule has 0 bridgehead atoms. The Hall–Kier alpha value is -3.48. The number of amides is 1. The summed E-state index contributed by atoms with van der Waals surface area (Å²) in [6.45, 7) is 9.53. The monoisotopic (exact) mass is 392 g/mol. The van der Waals surface area contributed by atoms with Gasteiger partial charge in [0.2, 0.25) is 0 Å². The Labute approximate surface area is 169 Å². The summed E-state index contributed by atoms with van der Waals surface area (Å²) in [7, 11) is 0. The molecule has 3 rings (SSSR count). The number of anilines is 1. The number of nitro groups is 1. The summed E-state index contributed by atoms with van der Waals surface area (Å²) in [6, 6.07) is 11.6. The molecule has 150 valence electrons. The van der Waals surface area contributed by atoms with Crippen LogP contribution < -0.4 is 10.3 Å². The van der Waals surface area contributed by atoms with Crippen LogP contribution in [-0.2, 0) is 0 Å². The number of hydrogen-bond donors (Lipinski definition) is 1. The number of nitrogens with zero attached hydrogens (tertiary/aromatic N) is 3. The lowest BCUT2D eigenvalue weighted by atomic mass is 9.88. The second kappa shape index (κ2) is 7.87. The molecule has 0 aromatic heterocycles. The van der Waals surface area contributed by atoms with Gasteiger partial charge in [0, 0.05) is 35.5 Å². The van der Waals surface area contributed by atoms with Crippen LogP contribution >= 0.6 is 0 Å². The molecule has 0 atom stereocenters. The van der Waals surface area contributed by atoms with E-state index in [1.54, 1.807) is 6.21 Å². The average Bonchev–Trinajstić information content (AvgIpc) is 2.68. The highest BCUT2D eigenvalue weighted by Crippen LogP contribution is 2.38. The molecule has 0 fully saturated rings. The molecule has 29 heavy (non-hydrogen) atoms. The molecule has 2 aromatic carbocycles. The van der Waals surface area contributed by atoms with Gasteiger partial charge in [-0.25, -0.2) is 5.43 Å². The van der Waals surface area contributed by atoms with Crippen LogP contribution in [0.5, 0.6) is 0 Å². The topological polar surface area (TPSA) is 87.8 Å². The maximum absolute atomic E-state index is 12.2. The van der Waals surface area contributed by atoms with Gasteiger partial charge in [0.15, 0.2) is 0 Å². The van der Waals surface area contributed by atoms with Gasteiger partial charge in [0.05, 0.1) is 16.7 Å². The molecule has 7 nitrogen and oxygen atoms in total. The molecule has 0 radical (unpaired) electrons. The third kappa shape index (κ3) is 4.18. The first-order chi connectivity index (χ1) is 13.7. The first-order valence-corrected chi connectivity index (χ1v) is 9.42. The molecular formula is C22H24N4O3. The predicted octanol–water partition coefficient (Wildman–Crippen LogP) is 4.38. The van der Waals surface area contributed by atoms with Crippen molar-refractivity contribution in [3.05, 3.63) is 75.3 Å². The number of nitro benzene ring substituents is 1. The van der Waals surface area contributed by atoms with Crippen LogP contribution in [-0.4, -0.2) is 29.1 Å². The fourth-order valence-corrected chi connectivity index (χ4v) is 3.75. The van der Waals surface area contributed by atoms with Gasteiger partial charge in [-0.2, -0.15) is 5.10 Å². The molecular weight excluding hydrogens is 368 g/mol. The van der Waals surface area contributed by atoms with E-state index in [-0.39, 0.29) is 16.8 Å². The molecule has 7 heteroatoms. The summed E-state index contributed by atoms with van der Waals surface area (Å²) in [5, 5.41) is 14.8. The SMILES string of the molecule is CCN1c2ccc(/C=N/NC(=O)c3cccc([N+](=O)[O-])c3)cc2C(C)=CC1(C)C. The number of carbonyl (C=O) groups is 1. The van der Waals surface area contributed by atoms with Crippen molar-refractivity contribution in [3.63, 3.8) is 0 Å². The zero-order valence-corrected chi connectivity index (χ0v) is 17.0. The van der Waals surface area contributed by atoms with E-state index >= 15 is 0 Å². The number of non-ortho nitro benzene ring substituents is 1. The molecule has 0 spiro atoms. The summed E-state index contributed by atoms with van der Waals surface area (Å²) in [4.78, 5) is 24.8. The van der Waals surface area contributed by atoms with Crippen molar-refractivity contribution in [2.45, 2.75) is 33.2 Å². The number of fused-ring (bicyclic) bond motifs is 1. The number of hydrogen-bond acceptors (Lipinski definition) is 5. The highest BCUT2D eigenvalue weighted by Gasteiger charge is 2.29. The smallest absolute Gasteiger partial charge is 0.271 e. The molecule has 0 saturated carbocycles. The summed E-state index contributed by atoms with van der Waals surface area (Å²) in [6.07, 6.45) is 3.82. The zero-order valence-electron chi connectivity index (χ0n) is 17.0. The minimum Gasteiger partial charge on any atom is -0.363 e. The standard InChI is InChI=1S/C22H24N4O3/c1-5-25-20-10-9-16(11-19(20)15(2)13-22(25,3)4)14-23-24-21(27)17-7-6-8-18(12-17)26(28)29/h6-14H,5H2,1-4H3,(H,24,27)/b23-14+. The van der Waals surface area contributed by atoms with Crippen LogP contribution in [0.1, 0.15) is 49.2 Å². The first kappa shape index (κ1) is 20.3. The molecule has 2 aromatic rings. The van der Waals surface area contributed by atoms with Crippen LogP contribution in [0.2, 0.25) is 0 Å². The quantitative estimate of drug-likeness (QED) is 0.465. The number of likely N-dealkylation sites (N-methyl/N-ethyl adjacent to an activating group) is 1. The molecule has 1 N–H and O–H groups in total. The van der Waals surface area contributed by atoms with Gasteiger partial charge in [-0.15, -0.1) is 0 Å². The van der Waals surface area contributed by atoms with E-state index in [4.69, 9.17) is 0 Å². The average molecular weight is 392 g/mol. The summed E-state index contributed by atoms with van der Waals surface area (Å²) >= 11 is 0. The number of benzene rings is 2. The lowest BCUT2D eigenvalue weighted by Gasteiger charge is -2.42. The van der Waals surface area contributed by atoms with Crippen molar-refractivity contribution in [1.82, 2.24) is 5.43 Å². The van der Waals surface area contributed by atoms with Crippen molar-refractivity contribution in [2.75, 3.05) is 11.4 Å². The Morgan fingerprint density at radius 2 is 2.03 bits per heavy atom. The fraction of sp³-hybridized carbons (Fsp3) is 0.273. The molecule has 0 aliphatic carbocycles. The number of allylic oxidation sites excluding steroid dienone is 1. The van der Waals surface area contributed by atoms with Gasteiger partial charge in [-0.1, -0.05) is 18.2 Å². The Morgan fingerprint density at radius 3 is 2.72 bits per heavy atom. The highest BCUT2D eigenvalue weighted by molar-refractivity contribution is 5.95. The van der Waals surface area contributed by atoms with Gasteiger partial charge in [-0.05, 0) is 57.0 Å². The Bertz CT molecular complexity index is 1020. The maximum atomic E-state index is 12.2. The van der Waals surface area contributed by atoms with Gasteiger partial charge in [-0.3, -0.25) is 14.9 Å². The van der Waals surface area contributed by atoms with Crippen LogP contribution in [0.3, 0.4) is 0 Å². The third-order valence-electron chi connectivity index (χ3n) is 5.02. The minimum absolute atomic E-state index is 0.0479. The second-order valence-corrected chi connectivity index (χ2v) is 7.51. The van der Waals surface area contributed by atoms with Crippen LogP contribution in [0.25, 0.3) is 5.57 Å². The second-order valence-electron chi connectivity index (χ2n) is 7.51. The van der Waals surface area contributed by atoms with E-state index in [2.05, 4.69) is 55.3 Å². The minimum atomic E-state index is -0.538. The molecule has 1 amide bonds. The predicted molar refractivity (Wildman–Crippen MR) is 115 cm³/mol. The number of carbonyl (C=O) groups excluding carboxylic acids is 1. The van der Waals surface area contributed by atoms with Gasteiger partial charge in [0.25, 0.3) is 11.6 Å². The van der Waals surface area contributed by atoms with Crippen molar-refractivity contribution in [3.8, 4) is 0 Å². The van der Waals surface area contributed by atoms with Gasteiger partial charge < -0.3 is 4.90 Å². The van der Waals surface area contributed by atoms with Crippen LogP contribution in [0.15, 0.2) is 53.6 Å². The van der Waals surface area contributed by atoms with E-state index in [1.807, 2.05) is 12.1 Å². The normalized spacial score (nSPS) is 15.0. The van der Waals surface area contributed by atoms with Crippen LogP contribution in [0, 0.1) is 10.1 Å². The Balaban J connectivity index is 1.77. The number of nitrogens with one attached hydrogen (secondary N) is 1. The number of rotatable bonds is 5. The van der Waals surface area contributed by atoms with Gasteiger partial charge >= 0.3 is 0 Å². The first-order valence-electron chi connectivity index (χ1n) is 9.42. The van der Waals surface area contributed by atoms with Crippen LogP contribution in [0.4, 0.5) is 11.4 Å². The maximum Gasteiger partial charge on any atom is 0.271 e. The summed E-state index contributed by atoms with van der Waals surface area (Å²) < 4.78 is 0. The molecule has 1 heterocycles. The largest absolute Gasteiger partial charge is 0.363 e. The van der Waals surface area contributed by atoms with Crippen molar-refractivity contribution in [2.24, 2.45) is 5.10 Å². The van der Waals surface area contributed by atoms with E-state index in [1.165, 1.54) is 35.5 Å². The van der Waals surface area contributed by atoms with E-state index in [9.17, 15) is 14.9 Å². The molecule has 0 saturated heterocycles. The highest BCUT2D eigenvalue weighted by atomic mass is 16.6. The Kier molecular flexibility index (Phi) is 5.50. The lowest BCUT2D eigenvalue weighted by molar-refractivity contribution is -0.384. The molecule has 1 aliphatic heterocycles. The zero-order chi connectivity index (χ0) is 21.2. The summed E-state index contributed by atoms with van der Waals surface area (Å²) in [5.41, 5.74) is 6.79. The third-order valence-corrected chi connectivity index (χ3v) is 5.02. The summed E-state index contributed by atoms with van der Waals surface area (Å²) in [5.74, 6) is -0.502. The van der Waals surface area contributed by atoms with E-state index < -0.39 is 10.8 Å². The fourth-order valence-electron chi connectivity index (χ4n) is 3.75. The molecule has 0 unspecified atom stereocenters. The lowest BCUT2D eigenvalue weighted by Crippen LogP contribution is -2.44.